The van der Waals surface area contributed by atoms with E-state index in [2.05, 4.69) is 5.32 Å². The summed E-state index contributed by atoms with van der Waals surface area (Å²) >= 11 is 0. The largest absolute Gasteiger partial charge is 0.392 e. The van der Waals surface area contributed by atoms with Crippen LogP contribution in [0.1, 0.15) is 38.2 Å². The molecule has 18 heavy (non-hydrogen) atoms. The van der Waals surface area contributed by atoms with Crippen LogP contribution in [0.2, 0.25) is 0 Å². The first-order chi connectivity index (χ1) is 8.58. The summed E-state index contributed by atoms with van der Waals surface area (Å²) in [6, 6.07) is 7.44. The maximum absolute atomic E-state index is 13.5. The number of rotatable bonds is 5. The molecule has 2 rings (SSSR count). The third-order valence-corrected chi connectivity index (χ3v) is 3.87. The fraction of sp³-hybridized carbons (Fsp3) is 0.600. The summed E-state index contributed by atoms with van der Waals surface area (Å²) < 4.78 is 13.5. The van der Waals surface area contributed by atoms with Crippen LogP contribution in [0.15, 0.2) is 24.3 Å². The van der Waals surface area contributed by atoms with Crippen LogP contribution in [0.4, 0.5) is 4.39 Å². The lowest BCUT2D eigenvalue weighted by Crippen LogP contribution is -2.44. The molecule has 0 aromatic heterocycles. The molecule has 0 bridgehead atoms. The normalized spacial score (nSPS) is 24.9. The van der Waals surface area contributed by atoms with Crippen LogP contribution in [0.25, 0.3) is 0 Å². The lowest BCUT2D eigenvalue weighted by molar-refractivity contribution is 0.112. The third kappa shape index (κ3) is 3.09. The van der Waals surface area contributed by atoms with Crippen molar-refractivity contribution in [3.05, 3.63) is 35.6 Å². The zero-order valence-electron chi connectivity index (χ0n) is 11.1. The second-order valence-electron chi connectivity index (χ2n) is 5.61. The van der Waals surface area contributed by atoms with E-state index < -0.39 is 0 Å². The van der Waals surface area contributed by atoms with Crippen LogP contribution in [0, 0.1) is 11.7 Å². The van der Waals surface area contributed by atoms with Gasteiger partial charge in [0.15, 0.2) is 0 Å². The Bertz CT molecular complexity index is 388. The quantitative estimate of drug-likeness (QED) is 0.843. The summed E-state index contributed by atoms with van der Waals surface area (Å²) in [5, 5.41) is 13.0. The standard InChI is InChI=1S/C15H22FNO/c1-10(2)15(18)9-17-12-7-11(8-12)13-5-3-4-6-14(13)16/h3-6,10-12,15,17-18H,7-9H2,1-2H3. The Labute approximate surface area is 108 Å². The highest BCUT2D eigenvalue weighted by atomic mass is 19.1. The molecule has 1 aliphatic rings. The van der Waals surface area contributed by atoms with Crippen molar-refractivity contribution in [1.29, 1.82) is 0 Å². The molecule has 1 atom stereocenters. The van der Waals surface area contributed by atoms with E-state index >= 15 is 0 Å². The molecular formula is C15H22FNO. The number of benzene rings is 1. The highest BCUT2D eigenvalue weighted by molar-refractivity contribution is 5.24. The van der Waals surface area contributed by atoms with E-state index in [1.54, 1.807) is 6.07 Å². The summed E-state index contributed by atoms with van der Waals surface area (Å²) in [6.45, 7) is 4.65. The summed E-state index contributed by atoms with van der Waals surface area (Å²) in [6.07, 6.45) is 1.63. The van der Waals surface area contributed by atoms with Crippen LogP contribution in [0.3, 0.4) is 0 Å². The molecule has 1 aliphatic carbocycles. The van der Waals surface area contributed by atoms with Crippen LogP contribution < -0.4 is 5.32 Å². The second kappa shape index (κ2) is 5.81. The minimum absolute atomic E-state index is 0.0943. The first-order valence-electron chi connectivity index (χ1n) is 6.73. The van der Waals surface area contributed by atoms with Crippen LogP contribution in [0.5, 0.6) is 0 Å². The van der Waals surface area contributed by atoms with Gasteiger partial charge in [-0.15, -0.1) is 0 Å². The monoisotopic (exact) mass is 251 g/mol. The van der Waals surface area contributed by atoms with Crippen molar-refractivity contribution in [2.24, 2.45) is 5.92 Å². The van der Waals surface area contributed by atoms with Crippen molar-refractivity contribution in [2.45, 2.75) is 44.8 Å². The Hall–Kier alpha value is -0.930. The SMILES string of the molecule is CC(C)C(O)CNC1CC(c2ccccc2F)C1. The third-order valence-electron chi connectivity index (χ3n) is 3.87. The van der Waals surface area contributed by atoms with Crippen molar-refractivity contribution in [1.82, 2.24) is 5.32 Å². The highest BCUT2D eigenvalue weighted by Crippen LogP contribution is 2.37. The number of nitrogens with one attached hydrogen (secondary N) is 1. The van der Waals surface area contributed by atoms with Gasteiger partial charge in [0.05, 0.1) is 6.10 Å². The number of halogens is 1. The topological polar surface area (TPSA) is 32.3 Å². The highest BCUT2D eigenvalue weighted by Gasteiger charge is 2.31. The molecule has 1 unspecified atom stereocenters. The van der Waals surface area contributed by atoms with Gasteiger partial charge in [0.25, 0.3) is 0 Å². The van der Waals surface area contributed by atoms with Gasteiger partial charge in [-0.3, -0.25) is 0 Å². The molecule has 1 saturated carbocycles. The van der Waals surface area contributed by atoms with Gasteiger partial charge < -0.3 is 10.4 Å². The van der Waals surface area contributed by atoms with E-state index in [1.165, 1.54) is 6.07 Å². The van der Waals surface area contributed by atoms with Crippen molar-refractivity contribution in [3.63, 3.8) is 0 Å². The molecular weight excluding hydrogens is 229 g/mol. The van der Waals surface area contributed by atoms with Gasteiger partial charge in [0.1, 0.15) is 5.82 Å². The fourth-order valence-electron chi connectivity index (χ4n) is 2.37. The molecule has 100 valence electrons. The predicted molar refractivity (Wildman–Crippen MR) is 71.0 cm³/mol. The van der Waals surface area contributed by atoms with Crippen LogP contribution in [-0.2, 0) is 0 Å². The summed E-state index contributed by atoms with van der Waals surface area (Å²) in [4.78, 5) is 0. The van der Waals surface area contributed by atoms with E-state index in [4.69, 9.17) is 0 Å². The van der Waals surface area contributed by atoms with Gasteiger partial charge >= 0.3 is 0 Å². The predicted octanol–water partition coefficient (Wildman–Crippen LogP) is 2.68. The maximum Gasteiger partial charge on any atom is 0.126 e. The number of aliphatic hydroxyl groups excluding tert-OH is 1. The average Bonchev–Trinajstić information content (AvgIpc) is 2.28. The lowest BCUT2D eigenvalue weighted by atomic mass is 9.75. The minimum Gasteiger partial charge on any atom is -0.392 e. The van der Waals surface area contributed by atoms with E-state index in [0.29, 0.717) is 18.5 Å². The first-order valence-corrected chi connectivity index (χ1v) is 6.73. The zero-order valence-corrected chi connectivity index (χ0v) is 11.1. The van der Waals surface area contributed by atoms with Crippen molar-refractivity contribution >= 4 is 0 Å². The summed E-state index contributed by atoms with van der Waals surface area (Å²) in [5.74, 6) is 0.517. The Kier molecular flexibility index (Phi) is 4.36. The molecule has 0 radical (unpaired) electrons. The van der Waals surface area contributed by atoms with Crippen molar-refractivity contribution in [3.8, 4) is 0 Å². The Morgan fingerprint density at radius 3 is 2.61 bits per heavy atom. The van der Waals surface area contributed by atoms with E-state index in [9.17, 15) is 9.50 Å². The maximum atomic E-state index is 13.5. The fourth-order valence-corrected chi connectivity index (χ4v) is 2.37. The van der Waals surface area contributed by atoms with Gasteiger partial charge in [0.2, 0.25) is 0 Å². The molecule has 3 heteroatoms. The van der Waals surface area contributed by atoms with E-state index in [0.717, 1.165) is 18.4 Å². The van der Waals surface area contributed by atoms with Gasteiger partial charge in [0, 0.05) is 12.6 Å². The van der Waals surface area contributed by atoms with Crippen LogP contribution in [-0.4, -0.2) is 23.8 Å². The molecule has 1 fully saturated rings. The van der Waals surface area contributed by atoms with E-state index in [1.807, 2.05) is 26.0 Å². The van der Waals surface area contributed by atoms with Crippen LogP contribution >= 0.6 is 0 Å². The van der Waals surface area contributed by atoms with Gasteiger partial charge in [-0.25, -0.2) is 4.39 Å². The molecule has 0 heterocycles. The molecule has 0 aliphatic heterocycles. The van der Waals surface area contributed by atoms with Gasteiger partial charge in [-0.2, -0.15) is 0 Å². The smallest absolute Gasteiger partial charge is 0.126 e. The molecule has 2 nitrogen and oxygen atoms in total. The minimum atomic E-state index is -0.294. The molecule has 0 amide bonds. The first kappa shape index (κ1) is 13.5. The number of aliphatic hydroxyl groups is 1. The Morgan fingerprint density at radius 2 is 2.00 bits per heavy atom. The second-order valence-corrected chi connectivity index (χ2v) is 5.61. The number of hydrogen-bond donors (Lipinski definition) is 2. The Balaban J connectivity index is 1.76. The summed E-state index contributed by atoms with van der Waals surface area (Å²) in [5.41, 5.74) is 0.833. The van der Waals surface area contributed by atoms with Crippen molar-refractivity contribution < 1.29 is 9.50 Å². The average molecular weight is 251 g/mol. The Morgan fingerprint density at radius 1 is 1.33 bits per heavy atom. The lowest BCUT2D eigenvalue weighted by Gasteiger charge is -2.37. The molecule has 1 aromatic carbocycles. The molecule has 0 spiro atoms. The van der Waals surface area contributed by atoms with Gasteiger partial charge in [-0.05, 0) is 36.3 Å². The van der Waals surface area contributed by atoms with Crippen molar-refractivity contribution in [2.75, 3.05) is 6.54 Å². The molecule has 0 saturated heterocycles. The molecule has 1 aromatic rings. The zero-order chi connectivity index (χ0) is 13.1. The van der Waals surface area contributed by atoms with E-state index in [-0.39, 0.29) is 17.8 Å². The number of hydrogen-bond acceptors (Lipinski definition) is 2. The summed E-state index contributed by atoms with van der Waals surface area (Å²) in [7, 11) is 0. The molecule has 2 N–H and O–H groups in total. The van der Waals surface area contributed by atoms with Gasteiger partial charge in [-0.1, -0.05) is 32.0 Å².